The van der Waals surface area contributed by atoms with E-state index in [0.29, 0.717) is 17.2 Å². The van der Waals surface area contributed by atoms with E-state index in [1.54, 1.807) is 0 Å². The zero-order chi connectivity index (χ0) is 12.8. The summed E-state index contributed by atoms with van der Waals surface area (Å²) >= 11 is 0. The molecule has 96 valence electrons. The SMILES string of the molecule is CC1(C)CCC(c2noc(C3CC3C#N)n2)CC1. The van der Waals surface area contributed by atoms with Crippen molar-refractivity contribution in [2.24, 2.45) is 11.3 Å². The fourth-order valence-electron chi connectivity index (χ4n) is 2.83. The molecule has 1 aromatic rings. The van der Waals surface area contributed by atoms with Crippen LogP contribution in [-0.4, -0.2) is 10.1 Å². The van der Waals surface area contributed by atoms with Crippen LogP contribution in [0.15, 0.2) is 4.52 Å². The van der Waals surface area contributed by atoms with Gasteiger partial charge in [0.2, 0.25) is 5.89 Å². The van der Waals surface area contributed by atoms with Gasteiger partial charge in [-0.05, 0) is 37.5 Å². The molecule has 0 bridgehead atoms. The lowest BCUT2D eigenvalue weighted by atomic mass is 9.73. The van der Waals surface area contributed by atoms with Crippen LogP contribution in [-0.2, 0) is 0 Å². The second kappa shape index (κ2) is 4.08. The second-order valence-electron chi connectivity index (χ2n) is 6.51. The van der Waals surface area contributed by atoms with Crippen molar-refractivity contribution in [3.8, 4) is 6.07 Å². The lowest BCUT2D eigenvalue weighted by Gasteiger charge is -2.32. The van der Waals surface area contributed by atoms with Gasteiger partial charge in [0, 0.05) is 5.92 Å². The third-order valence-electron chi connectivity index (χ3n) is 4.44. The first-order valence-corrected chi connectivity index (χ1v) is 6.82. The van der Waals surface area contributed by atoms with Crippen LogP contribution in [0, 0.1) is 22.7 Å². The van der Waals surface area contributed by atoms with Crippen molar-refractivity contribution in [2.75, 3.05) is 0 Å². The first kappa shape index (κ1) is 11.7. The summed E-state index contributed by atoms with van der Waals surface area (Å²) in [4.78, 5) is 4.51. The average Bonchev–Trinajstić information content (AvgIpc) is 2.98. The van der Waals surface area contributed by atoms with E-state index in [9.17, 15) is 0 Å². The normalized spacial score (nSPS) is 30.9. The van der Waals surface area contributed by atoms with Gasteiger partial charge < -0.3 is 4.52 Å². The monoisotopic (exact) mass is 245 g/mol. The molecular weight excluding hydrogens is 226 g/mol. The van der Waals surface area contributed by atoms with Crippen LogP contribution in [0.2, 0.25) is 0 Å². The third-order valence-corrected chi connectivity index (χ3v) is 4.44. The van der Waals surface area contributed by atoms with E-state index in [2.05, 4.69) is 30.1 Å². The minimum absolute atomic E-state index is 0.101. The summed E-state index contributed by atoms with van der Waals surface area (Å²) in [6, 6.07) is 2.26. The van der Waals surface area contributed by atoms with Crippen LogP contribution in [0.25, 0.3) is 0 Å². The second-order valence-corrected chi connectivity index (χ2v) is 6.51. The molecule has 2 aliphatic rings. The van der Waals surface area contributed by atoms with Gasteiger partial charge in [0.25, 0.3) is 0 Å². The maximum atomic E-state index is 8.81. The number of hydrogen-bond acceptors (Lipinski definition) is 4. The summed E-state index contributed by atoms with van der Waals surface area (Å²) in [6.07, 6.45) is 5.64. The molecule has 1 heterocycles. The maximum absolute atomic E-state index is 8.81. The minimum Gasteiger partial charge on any atom is -0.339 e. The Bertz CT molecular complexity index is 475. The summed E-state index contributed by atoms with van der Waals surface area (Å²) in [5.41, 5.74) is 0.464. The van der Waals surface area contributed by atoms with Crippen molar-refractivity contribution in [1.29, 1.82) is 5.26 Å². The molecule has 2 atom stereocenters. The Labute approximate surface area is 107 Å². The fraction of sp³-hybridized carbons (Fsp3) is 0.786. The highest BCUT2D eigenvalue weighted by Gasteiger charge is 2.43. The molecule has 2 unspecified atom stereocenters. The molecule has 2 fully saturated rings. The third kappa shape index (κ3) is 2.14. The van der Waals surface area contributed by atoms with E-state index in [0.717, 1.165) is 25.1 Å². The molecule has 0 aliphatic heterocycles. The van der Waals surface area contributed by atoms with Gasteiger partial charge in [0.15, 0.2) is 5.82 Å². The summed E-state index contributed by atoms with van der Waals surface area (Å²) in [5, 5.41) is 12.9. The van der Waals surface area contributed by atoms with Gasteiger partial charge in [0.05, 0.1) is 17.9 Å². The molecule has 0 N–H and O–H groups in total. The Morgan fingerprint density at radius 2 is 2.06 bits per heavy atom. The highest BCUT2D eigenvalue weighted by Crippen LogP contribution is 2.47. The van der Waals surface area contributed by atoms with Crippen molar-refractivity contribution in [2.45, 2.75) is 57.8 Å². The van der Waals surface area contributed by atoms with Gasteiger partial charge in [-0.3, -0.25) is 0 Å². The smallest absolute Gasteiger partial charge is 0.231 e. The van der Waals surface area contributed by atoms with Crippen LogP contribution in [0.4, 0.5) is 0 Å². The molecule has 4 nitrogen and oxygen atoms in total. The molecule has 2 saturated carbocycles. The van der Waals surface area contributed by atoms with Crippen LogP contribution < -0.4 is 0 Å². The van der Waals surface area contributed by atoms with E-state index in [1.807, 2.05) is 0 Å². The Hall–Kier alpha value is -1.37. The van der Waals surface area contributed by atoms with Crippen LogP contribution in [0.3, 0.4) is 0 Å². The number of rotatable bonds is 2. The molecule has 1 aromatic heterocycles. The quantitative estimate of drug-likeness (QED) is 0.801. The number of aromatic nitrogens is 2. The van der Waals surface area contributed by atoms with Crippen molar-refractivity contribution in [3.63, 3.8) is 0 Å². The largest absolute Gasteiger partial charge is 0.339 e. The van der Waals surface area contributed by atoms with Gasteiger partial charge in [-0.25, -0.2) is 0 Å². The average molecular weight is 245 g/mol. The van der Waals surface area contributed by atoms with E-state index < -0.39 is 0 Å². The predicted molar refractivity (Wildman–Crippen MR) is 65.7 cm³/mol. The molecule has 18 heavy (non-hydrogen) atoms. The highest BCUT2D eigenvalue weighted by atomic mass is 16.5. The number of nitrogens with zero attached hydrogens (tertiary/aromatic N) is 3. The summed E-state index contributed by atoms with van der Waals surface area (Å²) in [5.74, 6) is 2.31. The molecule has 4 heteroatoms. The first-order chi connectivity index (χ1) is 8.59. The first-order valence-electron chi connectivity index (χ1n) is 6.82. The molecule has 3 rings (SSSR count). The molecule has 0 spiro atoms. The van der Waals surface area contributed by atoms with Gasteiger partial charge in [-0.2, -0.15) is 10.2 Å². The van der Waals surface area contributed by atoms with E-state index >= 15 is 0 Å². The van der Waals surface area contributed by atoms with Crippen LogP contribution >= 0.6 is 0 Å². The Morgan fingerprint density at radius 3 is 2.67 bits per heavy atom. The number of nitriles is 1. The molecule has 2 aliphatic carbocycles. The summed E-state index contributed by atoms with van der Waals surface area (Å²) < 4.78 is 5.31. The molecule has 0 amide bonds. The van der Waals surface area contributed by atoms with Gasteiger partial charge in [-0.15, -0.1) is 0 Å². The van der Waals surface area contributed by atoms with Crippen LogP contribution in [0.1, 0.15) is 69.5 Å². The zero-order valence-electron chi connectivity index (χ0n) is 11.0. The van der Waals surface area contributed by atoms with Gasteiger partial charge >= 0.3 is 0 Å². The topological polar surface area (TPSA) is 62.7 Å². The maximum Gasteiger partial charge on any atom is 0.231 e. The van der Waals surface area contributed by atoms with E-state index in [4.69, 9.17) is 9.78 Å². The fourth-order valence-corrected chi connectivity index (χ4v) is 2.83. The van der Waals surface area contributed by atoms with Crippen molar-refractivity contribution in [3.05, 3.63) is 11.7 Å². The predicted octanol–water partition coefficient (Wildman–Crippen LogP) is 3.38. The molecule has 0 aromatic carbocycles. The lowest BCUT2D eigenvalue weighted by Crippen LogP contribution is -2.20. The van der Waals surface area contributed by atoms with Crippen molar-refractivity contribution in [1.82, 2.24) is 10.1 Å². The standard InChI is InChI=1S/C14H19N3O/c1-14(2)5-3-9(4-6-14)12-16-13(18-17-12)11-7-10(11)8-15/h9-11H,3-7H2,1-2H3. The lowest BCUT2D eigenvalue weighted by molar-refractivity contribution is 0.218. The Kier molecular flexibility index (Phi) is 2.65. The molecular formula is C14H19N3O. The summed E-state index contributed by atoms with van der Waals surface area (Å²) in [6.45, 7) is 4.65. The number of hydrogen-bond donors (Lipinski definition) is 0. The zero-order valence-corrected chi connectivity index (χ0v) is 11.0. The van der Waals surface area contributed by atoms with Crippen molar-refractivity contribution >= 4 is 0 Å². The van der Waals surface area contributed by atoms with E-state index in [-0.39, 0.29) is 11.8 Å². The van der Waals surface area contributed by atoms with Gasteiger partial charge in [0.1, 0.15) is 0 Å². The Balaban J connectivity index is 1.66. The van der Waals surface area contributed by atoms with Crippen LogP contribution in [0.5, 0.6) is 0 Å². The molecule has 0 radical (unpaired) electrons. The van der Waals surface area contributed by atoms with Gasteiger partial charge in [-0.1, -0.05) is 19.0 Å². The Morgan fingerprint density at radius 1 is 1.33 bits per heavy atom. The minimum atomic E-state index is 0.101. The molecule has 0 saturated heterocycles. The highest BCUT2D eigenvalue weighted by molar-refractivity contribution is 5.16. The van der Waals surface area contributed by atoms with Crippen molar-refractivity contribution < 1.29 is 4.52 Å². The van der Waals surface area contributed by atoms with E-state index in [1.165, 1.54) is 12.8 Å². The summed E-state index contributed by atoms with van der Waals surface area (Å²) in [7, 11) is 0.